The number of rotatable bonds is 5. The molecule has 2 amide bonds. The summed E-state index contributed by atoms with van der Waals surface area (Å²) in [6.07, 6.45) is 1.12. The zero-order valence-corrected chi connectivity index (χ0v) is 26.3. The lowest BCUT2D eigenvalue weighted by molar-refractivity contribution is -0.125. The minimum absolute atomic E-state index is 0.0910. The first-order valence-corrected chi connectivity index (χ1v) is 15.3. The molecule has 7 rings (SSSR count). The largest absolute Gasteiger partial charge is 0.496 e. The first kappa shape index (κ1) is 31.2. The Morgan fingerprint density at radius 1 is 0.848 bits per heavy atom. The Morgan fingerprint density at radius 2 is 1.70 bits per heavy atom. The second-order valence-corrected chi connectivity index (χ2v) is 11.4. The van der Waals surface area contributed by atoms with Gasteiger partial charge in [0.1, 0.15) is 17.6 Å². The van der Waals surface area contributed by atoms with Crippen molar-refractivity contribution in [3.63, 3.8) is 0 Å². The molecule has 0 radical (unpaired) electrons. The molecule has 2 N–H and O–H groups in total. The van der Waals surface area contributed by atoms with Crippen molar-refractivity contribution in [3.8, 4) is 40.2 Å². The van der Waals surface area contributed by atoms with Crippen molar-refractivity contribution in [2.75, 3.05) is 47.8 Å². The molecule has 0 spiro atoms. The highest BCUT2D eigenvalue weighted by Gasteiger charge is 2.33. The van der Waals surface area contributed by atoms with Gasteiger partial charge in [-0.1, -0.05) is 6.07 Å². The Balaban J connectivity index is 1.25. The van der Waals surface area contributed by atoms with E-state index in [4.69, 9.17) is 33.2 Å². The molecule has 244 valence electrons. The number of piperidine rings is 1. The van der Waals surface area contributed by atoms with Crippen LogP contribution in [0.15, 0.2) is 48.5 Å². The fourth-order valence-corrected chi connectivity index (χ4v) is 5.99. The van der Waals surface area contributed by atoms with Crippen molar-refractivity contribution in [2.45, 2.75) is 44.5 Å². The molecule has 4 heterocycles. The Hall–Kier alpha value is -4.84. The number of methoxy groups -OCH3 is 3. The van der Waals surface area contributed by atoms with Crippen LogP contribution in [0.25, 0.3) is 0 Å². The number of hydrogen-bond acceptors (Lipinski definition) is 10. The third-order valence-corrected chi connectivity index (χ3v) is 8.35. The van der Waals surface area contributed by atoms with Crippen molar-refractivity contribution in [2.24, 2.45) is 0 Å². The molecule has 2 atom stereocenters. The van der Waals surface area contributed by atoms with Crippen molar-refractivity contribution in [1.29, 1.82) is 0 Å². The normalized spacial score (nSPS) is 20.1. The van der Waals surface area contributed by atoms with Gasteiger partial charge in [0.2, 0.25) is 18.4 Å². The molecular weight excluding hydrogens is 594 g/mol. The van der Waals surface area contributed by atoms with Gasteiger partial charge in [0.25, 0.3) is 5.91 Å². The highest BCUT2D eigenvalue weighted by Crippen LogP contribution is 2.42. The molecule has 3 aromatic carbocycles. The summed E-state index contributed by atoms with van der Waals surface area (Å²) in [4.78, 5) is 28.3. The van der Waals surface area contributed by atoms with Crippen LogP contribution in [0.5, 0.6) is 40.2 Å². The average Bonchev–Trinajstić information content (AvgIpc) is 3.55. The van der Waals surface area contributed by atoms with Crippen LogP contribution < -0.4 is 43.8 Å². The highest BCUT2D eigenvalue weighted by molar-refractivity contribution is 5.78. The van der Waals surface area contributed by atoms with Gasteiger partial charge in [-0.3, -0.25) is 14.5 Å². The number of benzene rings is 3. The van der Waals surface area contributed by atoms with Crippen molar-refractivity contribution >= 4 is 11.8 Å². The molecule has 3 aromatic rings. The average molecular weight is 634 g/mol. The molecule has 0 aliphatic carbocycles. The molecule has 1 saturated heterocycles. The van der Waals surface area contributed by atoms with Gasteiger partial charge < -0.3 is 43.8 Å². The third kappa shape index (κ3) is 7.17. The predicted molar refractivity (Wildman–Crippen MR) is 167 cm³/mol. The molecule has 1 fully saturated rings. The van der Waals surface area contributed by atoms with E-state index in [1.807, 2.05) is 42.5 Å². The van der Waals surface area contributed by atoms with E-state index in [0.29, 0.717) is 72.7 Å². The smallest absolute Gasteiger partial charge is 0.258 e. The maximum absolute atomic E-state index is 13.3. The number of aryl methyl sites for hydroxylation is 1. The fraction of sp³-hybridized carbons (Fsp3) is 0.412. The lowest BCUT2D eigenvalue weighted by Gasteiger charge is -2.39. The summed E-state index contributed by atoms with van der Waals surface area (Å²) in [5.41, 5.74) is 2.73. The van der Waals surface area contributed by atoms with E-state index in [9.17, 15) is 9.59 Å². The van der Waals surface area contributed by atoms with E-state index in [1.165, 1.54) is 0 Å². The highest BCUT2D eigenvalue weighted by atomic mass is 16.7. The van der Waals surface area contributed by atoms with E-state index >= 15 is 0 Å². The molecule has 12 heteroatoms. The number of nitrogens with zero attached hydrogens (tertiary/aromatic N) is 1. The van der Waals surface area contributed by atoms with Crippen LogP contribution >= 0.6 is 0 Å². The first-order valence-electron chi connectivity index (χ1n) is 15.3. The molecular formula is C34H39N3O9. The number of likely N-dealkylation sites (tertiary alicyclic amines) is 1. The van der Waals surface area contributed by atoms with Crippen LogP contribution in [0, 0.1) is 0 Å². The topological polar surface area (TPSA) is 126 Å². The number of carbonyl (C=O) groups is 2. The summed E-state index contributed by atoms with van der Waals surface area (Å²) in [7, 11) is 4.74. The van der Waals surface area contributed by atoms with Gasteiger partial charge in [0.15, 0.2) is 29.6 Å². The Bertz CT molecular complexity index is 1580. The Kier molecular flexibility index (Phi) is 9.53. The van der Waals surface area contributed by atoms with E-state index in [1.54, 1.807) is 27.4 Å². The Labute approximate surface area is 267 Å². The van der Waals surface area contributed by atoms with Crippen molar-refractivity contribution < 1.29 is 42.7 Å². The van der Waals surface area contributed by atoms with Crippen LogP contribution in [-0.4, -0.2) is 76.7 Å². The maximum atomic E-state index is 13.3. The van der Waals surface area contributed by atoms with Crippen molar-refractivity contribution in [1.82, 2.24) is 15.5 Å². The van der Waals surface area contributed by atoms with Crippen molar-refractivity contribution in [3.05, 3.63) is 65.2 Å². The molecule has 4 aliphatic rings. The number of hydrogen-bond donors (Lipinski definition) is 2. The molecule has 0 aromatic heterocycles. The van der Waals surface area contributed by atoms with Crippen LogP contribution in [0.3, 0.4) is 0 Å². The number of nitrogens with one attached hydrogen (secondary N) is 2. The standard InChI is InChI=1S/C34H39N3O9/c1-40-27-8-4-21-5-9-32(38)35-16-23-6-7-24(15-28(23)41-2)46-26-10-11-37(18-25(26)36-33(39)19-43-29(27)12-21)17-22-13-30(42-3)34-31(14-22)44-20-45-34/h4,6-8,12-15,25-26H,5,9-11,16-20H2,1-3H3,(H,35,38)(H,36,39)/t25-,26+/m1/s1. The van der Waals surface area contributed by atoms with E-state index in [0.717, 1.165) is 23.2 Å². The summed E-state index contributed by atoms with van der Waals surface area (Å²) in [5, 5.41) is 6.13. The van der Waals surface area contributed by atoms with E-state index in [-0.39, 0.29) is 43.8 Å². The Morgan fingerprint density at radius 3 is 2.52 bits per heavy atom. The first-order chi connectivity index (χ1) is 22.4. The maximum Gasteiger partial charge on any atom is 0.258 e. The summed E-state index contributed by atoms with van der Waals surface area (Å²) >= 11 is 0. The third-order valence-electron chi connectivity index (χ3n) is 8.35. The van der Waals surface area contributed by atoms with Gasteiger partial charge in [-0.2, -0.15) is 0 Å². The van der Waals surface area contributed by atoms with Gasteiger partial charge in [-0.05, 0) is 60.4 Å². The zero-order valence-electron chi connectivity index (χ0n) is 26.3. The van der Waals surface area contributed by atoms with E-state index in [2.05, 4.69) is 15.5 Å². The lowest BCUT2D eigenvalue weighted by atomic mass is 10.0. The number of ether oxygens (including phenoxy) is 7. The second kappa shape index (κ2) is 14.1. The fourth-order valence-electron chi connectivity index (χ4n) is 5.99. The van der Waals surface area contributed by atoms with Gasteiger partial charge in [-0.15, -0.1) is 0 Å². The molecule has 0 unspecified atom stereocenters. The van der Waals surface area contributed by atoms with Gasteiger partial charge in [-0.25, -0.2) is 0 Å². The van der Waals surface area contributed by atoms with Crippen LogP contribution in [0.4, 0.5) is 0 Å². The summed E-state index contributed by atoms with van der Waals surface area (Å²) in [5.74, 6) is 3.67. The van der Waals surface area contributed by atoms with Gasteiger partial charge in [0, 0.05) is 44.2 Å². The minimum atomic E-state index is -0.346. The molecule has 46 heavy (non-hydrogen) atoms. The quantitative estimate of drug-likeness (QED) is 0.433. The summed E-state index contributed by atoms with van der Waals surface area (Å²) in [6.45, 7) is 2.14. The molecule has 0 saturated carbocycles. The SMILES string of the molecule is COc1cc2ccc1CNC(=O)CCc1ccc(OC)c(c1)OCC(=O)N[C@@H]1CN(Cc3cc(OC)c4c(c3)OCO4)CC[C@@H]1O2. The van der Waals surface area contributed by atoms with Crippen LogP contribution in [0.2, 0.25) is 0 Å². The predicted octanol–water partition coefficient (Wildman–Crippen LogP) is 3.22. The van der Waals surface area contributed by atoms with Gasteiger partial charge >= 0.3 is 0 Å². The lowest BCUT2D eigenvalue weighted by Crippen LogP contribution is -2.57. The minimum Gasteiger partial charge on any atom is -0.496 e. The van der Waals surface area contributed by atoms with E-state index < -0.39 is 0 Å². The second-order valence-electron chi connectivity index (χ2n) is 11.4. The monoisotopic (exact) mass is 633 g/mol. The zero-order chi connectivity index (χ0) is 32.0. The number of carbonyl (C=O) groups excluding carboxylic acids is 2. The van der Waals surface area contributed by atoms with Gasteiger partial charge in [0.05, 0.1) is 27.4 Å². The van der Waals surface area contributed by atoms with Crippen LogP contribution in [0.1, 0.15) is 29.5 Å². The molecule has 4 aliphatic heterocycles. The summed E-state index contributed by atoms with van der Waals surface area (Å²) in [6, 6.07) is 14.6. The molecule has 12 nitrogen and oxygen atoms in total. The number of fused-ring (bicyclic) bond motifs is 10. The van der Waals surface area contributed by atoms with Crippen LogP contribution in [-0.2, 0) is 29.1 Å². The molecule has 4 bridgehead atoms. The number of amides is 2. The summed E-state index contributed by atoms with van der Waals surface area (Å²) < 4.78 is 40.3.